The van der Waals surface area contributed by atoms with Gasteiger partial charge in [-0.2, -0.15) is 0 Å². The van der Waals surface area contributed by atoms with Gasteiger partial charge in [0.15, 0.2) is 9.96 Å². The summed E-state index contributed by atoms with van der Waals surface area (Å²) in [7, 11) is -2.45. The van der Waals surface area contributed by atoms with Gasteiger partial charge in [0, 0.05) is 19.0 Å². The minimum absolute atomic E-state index is 0.0232. The van der Waals surface area contributed by atoms with Crippen molar-refractivity contribution in [1.29, 1.82) is 0 Å². The predicted molar refractivity (Wildman–Crippen MR) is 126 cm³/mol. The summed E-state index contributed by atoms with van der Waals surface area (Å²) in [6.45, 7) is 7.91. The topological polar surface area (TPSA) is 129 Å². The summed E-state index contributed by atoms with van der Waals surface area (Å²) < 4.78 is 31.6. The number of nitrogens with one attached hydrogen (secondary N) is 2. The summed E-state index contributed by atoms with van der Waals surface area (Å²) in [5.41, 5.74) is -0.311. The van der Waals surface area contributed by atoms with E-state index >= 15 is 0 Å². The molecular formula is C21H27N3O6S2. The van der Waals surface area contributed by atoms with Gasteiger partial charge in [0.25, 0.3) is 20.9 Å². The number of nitrogens with zero attached hydrogens (tertiary/aromatic N) is 1. The molecule has 3 aromatic rings. The van der Waals surface area contributed by atoms with Crippen LogP contribution in [0.3, 0.4) is 0 Å². The molecule has 3 N–H and O–H groups in total. The third-order valence-electron chi connectivity index (χ3n) is 5.37. The van der Waals surface area contributed by atoms with E-state index in [-0.39, 0.29) is 39.8 Å². The van der Waals surface area contributed by atoms with Gasteiger partial charge in [0.05, 0.1) is 18.0 Å². The van der Waals surface area contributed by atoms with Gasteiger partial charge in [-0.15, -0.1) is 11.3 Å². The van der Waals surface area contributed by atoms with Crippen LogP contribution in [0.5, 0.6) is 5.75 Å². The zero-order valence-electron chi connectivity index (χ0n) is 18.6. The van der Waals surface area contributed by atoms with Gasteiger partial charge in [-0.05, 0) is 24.0 Å². The lowest BCUT2D eigenvalue weighted by atomic mass is 10.0. The number of aromatic hydroxyl groups is 1. The first kappa shape index (κ1) is 24.0. The summed E-state index contributed by atoms with van der Waals surface area (Å²) in [4.78, 5) is 24.4. The van der Waals surface area contributed by atoms with E-state index in [9.17, 15) is 23.1 Å². The van der Waals surface area contributed by atoms with E-state index in [2.05, 4.69) is 10.6 Å². The van der Waals surface area contributed by atoms with Crippen molar-refractivity contribution in [2.75, 3.05) is 24.2 Å². The molecule has 0 aliphatic heterocycles. The molecular weight excluding hydrogens is 454 g/mol. The van der Waals surface area contributed by atoms with Crippen LogP contribution in [0.2, 0.25) is 0 Å². The van der Waals surface area contributed by atoms with Gasteiger partial charge >= 0.3 is 0 Å². The van der Waals surface area contributed by atoms with Crippen molar-refractivity contribution in [2.45, 2.75) is 50.3 Å². The SMILES string of the molecule is CC[C@@H](Nc1c(Nc2csc(S(=O)(=O)N(C)CC)c2O)c(=O)c1=O)c1cc(C(C)C)co1. The average molecular weight is 482 g/mol. The van der Waals surface area contributed by atoms with E-state index in [0.717, 1.165) is 21.2 Å². The van der Waals surface area contributed by atoms with Crippen LogP contribution < -0.4 is 21.5 Å². The predicted octanol–water partition coefficient (Wildman–Crippen LogP) is 3.71. The number of sulfonamides is 1. The molecule has 0 aliphatic carbocycles. The second-order valence-electron chi connectivity index (χ2n) is 7.78. The Bertz CT molecular complexity index is 1280. The lowest BCUT2D eigenvalue weighted by Crippen LogP contribution is -2.37. The second kappa shape index (κ2) is 9.08. The normalized spacial score (nSPS) is 13.2. The van der Waals surface area contributed by atoms with Gasteiger partial charge in [-0.3, -0.25) is 9.59 Å². The van der Waals surface area contributed by atoms with Crippen molar-refractivity contribution in [3.8, 4) is 5.75 Å². The molecule has 0 spiro atoms. The lowest BCUT2D eigenvalue weighted by Gasteiger charge is -2.20. The van der Waals surface area contributed by atoms with Crippen molar-refractivity contribution >= 4 is 38.4 Å². The first-order valence-electron chi connectivity index (χ1n) is 10.2. The first-order chi connectivity index (χ1) is 15.0. The molecule has 3 rings (SSSR count). The van der Waals surface area contributed by atoms with Crippen LogP contribution in [0.15, 0.2) is 35.9 Å². The monoisotopic (exact) mass is 481 g/mol. The van der Waals surface area contributed by atoms with Crippen LogP contribution >= 0.6 is 11.3 Å². The molecule has 32 heavy (non-hydrogen) atoms. The Hall–Kier alpha value is -2.63. The third kappa shape index (κ3) is 4.19. The molecule has 0 unspecified atom stereocenters. The van der Waals surface area contributed by atoms with Crippen LogP contribution in [0.4, 0.5) is 17.1 Å². The zero-order chi connectivity index (χ0) is 23.8. The van der Waals surface area contributed by atoms with Crippen molar-refractivity contribution < 1.29 is 17.9 Å². The molecule has 174 valence electrons. The van der Waals surface area contributed by atoms with Crippen molar-refractivity contribution in [3.63, 3.8) is 0 Å². The maximum absolute atomic E-state index is 12.5. The van der Waals surface area contributed by atoms with Gasteiger partial charge in [0.2, 0.25) is 0 Å². The Morgan fingerprint density at radius 1 is 1.19 bits per heavy atom. The highest BCUT2D eigenvalue weighted by molar-refractivity contribution is 7.91. The molecule has 11 heteroatoms. The van der Waals surface area contributed by atoms with E-state index in [4.69, 9.17) is 4.42 Å². The maximum Gasteiger partial charge on any atom is 0.256 e. The summed E-state index contributed by atoms with van der Waals surface area (Å²) in [5.74, 6) is 0.436. The van der Waals surface area contributed by atoms with Crippen molar-refractivity contribution in [2.24, 2.45) is 0 Å². The molecule has 1 atom stereocenters. The van der Waals surface area contributed by atoms with E-state index in [1.165, 1.54) is 12.4 Å². The summed E-state index contributed by atoms with van der Waals surface area (Å²) in [6, 6.07) is 1.58. The highest BCUT2D eigenvalue weighted by Crippen LogP contribution is 2.41. The highest BCUT2D eigenvalue weighted by atomic mass is 32.2. The summed E-state index contributed by atoms with van der Waals surface area (Å²) >= 11 is 0.831. The van der Waals surface area contributed by atoms with Crippen LogP contribution in [0.1, 0.15) is 57.4 Å². The number of hydrogen-bond acceptors (Lipinski definition) is 9. The van der Waals surface area contributed by atoms with Gasteiger partial charge in [-0.1, -0.05) is 27.7 Å². The van der Waals surface area contributed by atoms with Gasteiger partial charge < -0.3 is 20.2 Å². The molecule has 0 saturated heterocycles. The third-order valence-corrected chi connectivity index (χ3v) is 8.79. The molecule has 0 fully saturated rings. The van der Waals surface area contributed by atoms with Crippen LogP contribution in [0, 0.1) is 0 Å². The minimum Gasteiger partial charge on any atom is -0.504 e. The Morgan fingerprint density at radius 2 is 1.84 bits per heavy atom. The number of hydrogen-bond donors (Lipinski definition) is 3. The largest absolute Gasteiger partial charge is 0.504 e. The number of furan rings is 1. The summed E-state index contributed by atoms with van der Waals surface area (Å²) in [6.07, 6.45) is 2.27. The molecule has 1 aromatic carbocycles. The van der Waals surface area contributed by atoms with Crippen LogP contribution in [-0.4, -0.2) is 31.4 Å². The van der Waals surface area contributed by atoms with Gasteiger partial charge in [-0.25, -0.2) is 12.7 Å². The number of rotatable bonds is 10. The zero-order valence-corrected chi connectivity index (χ0v) is 20.2. The molecule has 0 bridgehead atoms. The van der Waals surface area contributed by atoms with E-state index in [0.29, 0.717) is 12.2 Å². The number of anilines is 3. The van der Waals surface area contributed by atoms with E-state index in [1.54, 1.807) is 13.2 Å². The fourth-order valence-corrected chi connectivity index (χ4v) is 5.71. The molecule has 0 amide bonds. The second-order valence-corrected chi connectivity index (χ2v) is 10.9. The molecule has 9 nitrogen and oxygen atoms in total. The van der Waals surface area contributed by atoms with Crippen LogP contribution in [0.25, 0.3) is 0 Å². The maximum atomic E-state index is 12.5. The van der Waals surface area contributed by atoms with E-state index in [1.807, 2.05) is 26.8 Å². The lowest BCUT2D eigenvalue weighted by molar-refractivity contribution is 0.454. The summed E-state index contributed by atoms with van der Waals surface area (Å²) in [5, 5.41) is 17.6. The molecule has 0 saturated carbocycles. The Kier molecular flexibility index (Phi) is 6.82. The first-order valence-corrected chi connectivity index (χ1v) is 12.6. The smallest absolute Gasteiger partial charge is 0.256 e. The molecule has 0 aliphatic rings. The highest BCUT2D eigenvalue weighted by Gasteiger charge is 2.30. The molecule has 0 radical (unpaired) electrons. The number of thiophene rings is 1. The van der Waals surface area contributed by atoms with Crippen molar-refractivity contribution in [3.05, 3.63) is 49.5 Å². The quantitative estimate of drug-likeness (QED) is 0.374. The standard InChI is InChI=1S/C21H27N3O6S2/c1-6-13(15-8-12(9-30-15)11(3)4)22-16-17(20(27)19(16)26)23-14-10-31-21(18(14)25)32(28,29)24(5)7-2/h8-11,13,22-23,25H,6-7H2,1-5H3/t13-/m1/s1. The Balaban J connectivity index is 1.87. The van der Waals surface area contributed by atoms with E-state index < -0.39 is 26.6 Å². The Morgan fingerprint density at radius 3 is 2.41 bits per heavy atom. The fourth-order valence-electron chi connectivity index (χ4n) is 3.10. The minimum atomic E-state index is -3.86. The fraction of sp³-hybridized carbons (Fsp3) is 0.429. The Labute approximate surface area is 190 Å². The van der Waals surface area contributed by atoms with Gasteiger partial charge in [0.1, 0.15) is 17.1 Å². The molecule has 2 heterocycles. The van der Waals surface area contributed by atoms with Crippen molar-refractivity contribution in [1.82, 2.24) is 4.31 Å². The molecule has 2 aromatic heterocycles. The average Bonchev–Trinajstić information content (AvgIpc) is 3.40. The van der Waals surface area contributed by atoms with Crippen LogP contribution in [-0.2, 0) is 10.0 Å².